The van der Waals surface area contributed by atoms with Crippen molar-refractivity contribution < 1.29 is 19.4 Å². The summed E-state index contributed by atoms with van der Waals surface area (Å²) < 4.78 is 5.53. The lowest BCUT2D eigenvalue weighted by atomic mass is 9.89. The summed E-state index contributed by atoms with van der Waals surface area (Å²) in [6.07, 6.45) is 2.24. The largest absolute Gasteiger partial charge is 0.389 e. The van der Waals surface area contributed by atoms with Gasteiger partial charge in [0.2, 0.25) is 0 Å². The van der Waals surface area contributed by atoms with Gasteiger partial charge in [0.1, 0.15) is 5.54 Å². The minimum absolute atomic E-state index is 0.0432. The first-order valence-electron chi connectivity index (χ1n) is 10.0. The molecular weight excluding hydrogens is 368 g/mol. The molecule has 6 heteroatoms. The zero-order chi connectivity index (χ0) is 20.4. The van der Waals surface area contributed by atoms with Crippen LogP contribution in [0.2, 0.25) is 0 Å². The first-order chi connectivity index (χ1) is 14.0. The number of benzene rings is 2. The number of aliphatic hydroxyl groups is 1. The molecule has 2 unspecified atom stereocenters. The molecule has 4 rings (SSSR count). The van der Waals surface area contributed by atoms with E-state index in [1.807, 2.05) is 42.5 Å². The summed E-state index contributed by atoms with van der Waals surface area (Å²) in [6, 6.07) is 15.2. The minimum Gasteiger partial charge on any atom is -0.389 e. The Kier molecular flexibility index (Phi) is 5.39. The predicted molar refractivity (Wildman–Crippen MR) is 108 cm³/mol. The Morgan fingerprint density at radius 1 is 1.14 bits per heavy atom. The molecule has 3 amide bonds. The highest BCUT2D eigenvalue weighted by atomic mass is 16.5. The van der Waals surface area contributed by atoms with Gasteiger partial charge in [0.25, 0.3) is 5.91 Å². The van der Waals surface area contributed by atoms with Crippen molar-refractivity contribution in [1.82, 2.24) is 10.2 Å². The number of urea groups is 1. The number of aryl methyl sites for hydroxylation is 2. The predicted octanol–water partition coefficient (Wildman–Crippen LogP) is 2.52. The van der Waals surface area contributed by atoms with E-state index in [9.17, 15) is 14.7 Å². The van der Waals surface area contributed by atoms with Crippen LogP contribution in [-0.4, -0.2) is 41.2 Å². The van der Waals surface area contributed by atoms with E-state index < -0.39 is 17.7 Å². The maximum absolute atomic E-state index is 13.1. The third-order valence-electron chi connectivity index (χ3n) is 5.77. The third-order valence-corrected chi connectivity index (χ3v) is 5.77. The van der Waals surface area contributed by atoms with Crippen molar-refractivity contribution in [3.8, 4) is 0 Å². The van der Waals surface area contributed by atoms with Gasteiger partial charge in [-0.15, -0.1) is 0 Å². The summed E-state index contributed by atoms with van der Waals surface area (Å²) in [5.41, 5.74) is 3.24. The van der Waals surface area contributed by atoms with Gasteiger partial charge in [-0.1, -0.05) is 48.5 Å². The van der Waals surface area contributed by atoms with Gasteiger partial charge in [0, 0.05) is 0 Å². The van der Waals surface area contributed by atoms with Crippen LogP contribution in [0.15, 0.2) is 48.5 Å². The fourth-order valence-electron chi connectivity index (χ4n) is 4.09. The topological polar surface area (TPSA) is 78.9 Å². The molecule has 0 saturated carbocycles. The number of nitrogens with zero attached hydrogens (tertiary/aromatic N) is 1. The van der Waals surface area contributed by atoms with E-state index in [1.165, 1.54) is 11.1 Å². The number of hydrogen-bond donors (Lipinski definition) is 2. The number of aliphatic hydroxyl groups excluding tert-OH is 1. The molecule has 29 heavy (non-hydrogen) atoms. The van der Waals surface area contributed by atoms with Gasteiger partial charge in [0.05, 0.1) is 25.9 Å². The molecule has 2 aliphatic rings. The summed E-state index contributed by atoms with van der Waals surface area (Å²) in [7, 11) is 0. The van der Waals surface area contributed by atoms with Crippen molar-refractivity contribution in [3.05, 3.63) is 70.8 Å². The fourth-order valence-corrected chi connectivity index (χ4v) is 4.09. The Balaban J connectivity index is 1.38. The third kappa shape index (κ3) is 3.91. The Morgan fingerprint density at radius 3 is 2.69 bits per heavy atom. The summed E-state index contributed by atoms with van der Waals surface area (Å²) in [6.45, 7) is 2.04. The van der Waals surface area contributed by atoms with E-state index in [4.69, 9.17) is 4.74 Å². The Morgan fingerprint density at radius 2 is 1.90 bits per heavy atom. The standard InChI is InChI=1S/C23H26N2O4/c1-23(19-11-10-17-8-5-9-18(17)12-19)21(27)25(22(28)24-23)13-20(26)15-29-14-16-6-3-2-4-7-16/h2-4,6-7,10-12,20,26H,5,8-9,13-15H2,1H3,(H,24,28). The number of β-amino-alcohol motifs (C(OH)–C–C–N with tert-alkyl or cyclic N) is 1. The highest BCUT2D eigenvalue weighted by molar-refractivity contribution is 6.07. The van der Waals surface area contributed by atoms with Crippen LogP contribution in [0.5, 0.6) is 0 Å². The van der Waals surface area contributed by atoms with E-state index in [1.54, 1.807) is 6.92 Å². The molecule has 1 aliphatic carbocycles. The number of amides is 3. The maximum atomic E-state index is 13.1. The molecular formula is C23H26N2O4. The molecule has 0 radical (unpaired) electrons. The fraction of sp³-hybridized carbons (Fsp3) is 0.391. The van der Waals surface area contributed by atoms with Crippen molar-refractivity contribution >= 4 is 11.9 Å². The van der Waals surface area contributed by atoms with Crippen molar-refractivity contribution in [1.29, 1.82) is 0 Å². The van der Waals surface area contributed by atoms with E-state index in [0.717, 1.165) is 35.3 Å². The zero-order valence-corrected chi connectivity index (χ0v) is 16.6. The molecule has 1 fully saturated rings. The van der Waals surface area contributed by atoms with E-state index in [2.05, 4.69) is 11.4 Å². The average molecular weight is 394 g/mol. The molecule has 0 bridgehead atoms. The van der Waals surface area contributed by atoms with Gasteiger partial charge in [-0.3, -0.25) is 9.69 Å². The lowest BCUT2D eigenvalue weighted by molar-refractivity contribution is -0.132. The van der Waals surface area contributed by atoms with Gasteiger partial charge in [-0.05, 0) is 48.4 Å². The molecule has 1 heterocycles. The van der Waals surface area contributed by atoms with Crippen molar-refractivity contribution in [2.24, 2.45) is 0 Å². The van der Waals surface area contributed by atoms with Crippen molar-refractivity contribution in [3.63, 3.8) is 0 Å². The summed E-state index contributed by atoms with van der Waals surface area (Å²) in [5.74, 6) is -0.345. The maximum Gasteiger partial charge on any atom is 0.325 e. The zero-order valence-electron chi connectivity index (χ0n) is 16.6. The van der Waals surface area contributed by atoms with Gasteiger partial charge in [-0.25, -0.2) is 4.79 Å². The van der Waals surface area contributed by atoms with Crippen LogP contribution in [-0.2, 0) is 34.5 Å². The van der Waals surface area contributed by atoms with Crippen LogP contribution in [0, 0.1) is 0 Å². The number of imide groups is 1. The molecule has 152 valence electrons. The highest BCUT2D eigenvalue weighted by Crippen LogP contribution is 2.32. The molecule has 0 aromatic heterocycles. The van der Waals surface area contributed by atoms with Gasteiger partial charge in [0.15, 0.2) is 0 Å². The minimum atomic E-state index is -1.11. The van der Waals surface area contributed by atoms with Crippen molar-refractivity contribution in [2.75, 3.05) is 13.2 Å². The van der Waals surface area contributed by atoms with E-state index in [-0.39, 0.29) is 19.1 Å². The Bertz CT molecular complexity index is 914. The van der Waals surface area contributed by atoms with E-state index in [0.29, 0.717) is 6.61 Å². The quantitative estimate of drug-likeness (QED) is 0.708. The smallest absolute Gasteiger partial charge is 0.325 e. The summed E-state index contributed by atoms with van der Waals surface area (Å²) >= 11 is 0. The van der Waals surface area contributed by atoms with Crippen LogP contribution in [0.3, 0.4) is 0 Å². The second-order valence-electron chi connectivity index (χ2n) is 7.96. The second-order valence-corrected chi connectivity index (χ2v) is 7.96. The lowest BCUT2D eigenvalue weighted by Gasteiger charge is -2.24. The number of rotatable bonds is 7. The van der Waals surface area contributed by atoms with Gasteiger partial charge in [-0.2, -0.15) is 0 Å². The highest BCUT2D eigenvalue weighted by Gasteiger charge is 2.49. The van der Waals surface area contributed by atoms with Gasteiger partial charge < -0.3 is 15.2 Å². The molecule has 0 spiro atoms. The molecule has 6 nitrogen and oxygen atoms in total. The van der Waals surface area contributed by atoms with Crippen molar-refractivity contribution in [2.45, 2.75) is 44.4 Å². The molecule has 2 N–H and O–H groups in total. The van der Waals surface area contributed by atoms with Crippen LogP contribution in [0.4, 0.5) is 4.79 Å². The van der Waals surface area contributed by atoms with E-state index >= 15 is 0 Å². The summed E-state index contributed by atoms with van der Waals surface area (Å²) in [5, 5.41) is 13.1. The normalized spacial score (nSPS) is 21.9. The molecule has 1 saturated heterocycles. The molecule has 2 aromatic carbocycles. The second kappa shape index (κ2) is 7.97. The van der Waals surface area contributed by atoms with Crippen LogP contribution >= 0.6 is 0 Å². The molecule has 1 aliphatic heterocycles. The lowest BCUT2D eigenvalue weighted by Crippen LogP contribution is -2.42. The molecule has 2 atom stereocenters. The number of hydrogen-bond acceptors (Lipinski definition) is 4. The Hall–Kier alpha value is -2.70. The number of nitrogens with one attached hydrogen (secondary N) is 1. The SMILES string of the molecule is CC1(c2ccc3c(c2)CCC3)NC(=O)N(CC(O)COCc2ccccc2)C1=O. The summed E-state index contributed by atoms with van der Waals surface area (Å²) in [4.78, 5) is 26.6. The first kappa shape index (κ1) is 19.6. The number of fused-ring (bicyclic) bond motifs is 1. The number of carbonyl (C=O) groups is 2. The monoisotopic (exact) mass is 394 g/mol. The Labute approximate surface area is 170 Å². The van der Waals surface area contributed by atoms with Crippen LogP contribution in [0.1, 0.15) is 35.6 Å². The van der Waals surface area contributed by atoms with Gasteiger partial charge >= 0.3 is 6.03 Å². The average Bonchev–Trinajstić information content (AvgIpc) is 3.27. The van der Waals surface area contributed by atoms with Crippen LogP contribution < -0.4 is 5.32 Å². The number of carbonyl (C=O) groups excluding carboxylic acids is 2. The molecule has 2 aromatic rings. The first-order valence-corrected chi connectivity index (χ1v) is 10.0. The van der Waals surface area contributed by atoms with Crippen LogP contribution in [0.25, 0.3) is 0 Å². The number of ether oxygens (including phenoxy) is 1.